The van der Waals surface area contributed by atoms with Gasteiger partial charge in [-0.05, 0) is 75.6 Å². The van der Waals surface area contributed by atoms with Crippen molar-refractivity contribution >= 4 is 33.2 Å². The molecule has 1 saturated heterocycles. The quantitative estimate of drug-likeness (QED) is 0.495. The maximum atomic E-state index is 12.8. The highest BCUT2D eigenvalue weighted by Crippen LogP contribution is 2.35. The SMILES string of the molecule is CC(C)NS(=O)(=O)c1ccc(NC(=O)C(C)NCC2(c3ccc(Cl)cc3)CCOCC2)cc1. The second-order valence-electron chi connectivity index (χ2n) is 8.79. The van der Waals surface area contributed by atoms with Crippen molar-refractivity contribution in [3.8, 4) is 0 Å². The zero-order chi connectivity index (χ0) is 24.1. The average molecular weight is 494 g/mol. The second-order valence-corrected chi connectivity index (χ2v) is 10.9. The molecule has 0 radical (unpaired) electrons. The molecule has 1 unspecified atom stereocenters. The van der Waals surface area contributed by atoms with Gasteiger partial charge in [-0.25, -0.2) is 13.1 Å². The smallest absolute Gasteiger partial charge is 0.241 e. The van der Waals surface area contributed by atoms with Gasteiger partial charge >= 0.3 is 0 Å². The minimum atomic E-state index is -3.57. The number of carbonyl (C=O) groups is 1. The van der Waals surface area contributed by atoms with Crippen LogP contribution in [0.25, 0.3) is 0 Å². The topological polar surface area (TPSA) is 96.5 Å². The van der Waals surface area contributed by atoms with Crippen LogP contribution in [-0.2, 0) is 25.0 Å². The molecule has 1 fully saturated rings. The highest BCUT2D eigenvalue weighted by atomic mass is 35.5. The minimum Gasteiger partial charge on any atom is -0.381 e. The van der Waals surface area contributed by atoms with Crippen LogP contribution in [0.3, 0.4) is 0 Å². The summed E-state index contributed by atoms with van der Waals surface area (Å²) in [6.07, 6.45) is 1.71. The second kappa shape index (κ2) is 11.0. The molecule has 3 rings (SSSR count). The first kappa shape index (κ1) is 25.6. The van der Waals surface area contributed by atoms with Crippen molar-refractivity contribution in [2.24, 2.45) is 0 Å². The van der Waals surface area contributed by atoms with Crippen LogP contribution in [-0.4, -0.2) is 46.2 Å². The predicted molar refractivity (Wildman–Crippen MR) is 131 cm³/mol. The van der Waals surface area contributed by atoms with Crippen LogP contribution < -0.4 is 15.4 Å². The summed E-state index contributed by atoms with van der Waals surface area (Å²) in [5, 5.41) is 6.92. The van der Waals surface area contributed by atoms with Crippen LogP contribution in [0.15, 0.2) is 53.4 Å². The number of benzene rings is 2. The number of hydrogen-bond donors (Lipinski definition) is 3. The average Bonchev–Trinajstić information content (AvgIpc) is 2.78. The minimum absolute atomic E-state index is 0.128. The lowest BCUT2D eigenvalue weighted by atomic mass is 9.74. The molecule has 0 spiro atoms. The van der Waals surface area contributed by atoms with Gasteiger partial charge in [0, 0.05) is 41.9 Å². The summed E-state index contributed by atoms with van der Waals surface area (Å²) in [4.78, 5) is 12.9. The van der Waals surface area contributed by atoms with E-state index in [9.17, 15) is 13.2 Å². The predicted octanol–water partition coefficient (Wildman–Crippen LogP) is 3.69. The highest BCUT2D eigenvalue weighted by molar-refractivity contribution is 7.89. The number of sulfonamides is 1. The van der Waals surface area contributed by atoms with E-state index in [0.717, 1.165) is 12.8 Å². The van der Waals surface area contributed by atoms with E-state index in [1.165, 1.54) is 17.7 Å². The van der Waals surface area contributed by atoms with Crippen LogP contribution >= 0.6 is 11.6 Å². The van der Waals surface area contributed by atoms with Crippen molar-refractivity contribution in [2.45, 2.75) is 56.0 Å². The van der Waals surface area contributed by atoms with E-state index in [1.54, 1.807) is 26.0 Å². The van der Waals surface area contributed by atoms with Crippen LogP contribution in [0.4, 0.5) is 5.69 Å². The summed E-state index contributed by atoms with van der Waals surface area (Å²) in [7, 11) is -3.57. The standard InChI is InChI=1S/C24H32ClN3O4S/c1-17(2)28-33(30,31)22-10-8-21(9-11-22)27-23(29)18(3)26-16-24(12-14-32-15-13-24)19-4-6-20(25)7-5-19/h4-11,17-18,26,28H,12-16H2,1-3H3,(H,27,29). The van der Waals surface area contributed by atoms with Gasteiger partial charge in [0.2, 0.25) is 15.9 Å². The van der Waals surface area contributed by atoms with Gasteiger partial charge in [-0.15, -0.1) is 0 Å². The van der Waals surface area contributed by atoms with Crippen LogP contribution in [0, 0.1) is 0 Å². The molecular weight excluding hydrogens is 462 g/mol. The Morgan fingerprint density at radius 2 is 1.64 bits per heavy atom. The third-order valence-corrected chi connectivity index (χ3v) is 7.80. The van der Waals surface area contributed by atoms with Gasteiger partial charge in [-0.3, -0.25) is 4.79 Å². The number of nitrogens with one attached hydrogen (secondary N) is 3. The third-order valence-electron chi connectivity index (χ3n) is 5.87. The van der Waals surface area contributed by atoms with Gasteiger partial charge < -0.3 is 15.4 Å². The molecule has 0 aromatic heterocycles. The third kappa shape index (κ3) is 6.77. The fraction of sp³-hybridized carbons (Fsp3) is 0.458. The Labute approximate surface area is 201 Å². The van der Waals surface area contributed by atoms with E-state index in [0.29, 0.717) is 30.5 Å². The van der Waals surface area contributed by atoms with Gasteiger partial charge in [0.05, 0.1) is 10.9 Å². The van der Waals surface area contributed by atoms with Gasteiger partial charge in [0.25, 0.3) is 0 Å². The molecule has 7 nitrogen and oxygen atoms in total. The Morgan fingerprint density at radius 1 is 1.03 bits per heavy atom. The molecule has 1 heterocycles. The molecule has 1 amide bonds. The maximum Gasteiger partial charge on any atom is 0.241 e. The number of anilines is 1. The molecular formula is C24H32ClN3O4S. The molecule has 3 N–H and O–H groups in total. The van der Waals surface area contributed by atoms with E-state index in [1.807, 2.05) is 31.2 Å². The van der Waals surface area contributed by atoms with Gasteiger partial charge in [-0.1, -0.05) is 23.7 Å². The first-order chi connectivity index (χ1) is 15.6. The molecule has 0 aliphatic carbocycles. The molecule has 0 bridgehead atoms. The first-order valence-corrected chi connectivity index (χ1v) is 13.0. The normalized spacial score (nSPS) is 17.0. The van der Waals surface area contributed by atoms with E-state index in [2.05, 4.69) is 15.4 Å². The molecule has 9 heteroatoms. The number of ether oxygens (including phenoxy) is 1. The number of carbonyl (C=O) groups excluding carboxylic acids is 1. The van der Waals surface area contributed by atoms with Crippen LogP contribution in [0.5, 0.6) is 0 Å². The Kier molecular flexibility index (Phi) is 8.53. The summed E-state index contributed by atoms with van der Waals surface area (Å²) in [5.41, 5.74) is 1.59. The Bertz CT molecular complexity index is 1030. The summed E-state index contributed by atoms with van der Waals surface area (Å²) >= 11 is 6.07. The zero-order valence-electron chi connectivity index (χ0n) is 19.2. The summed E-state index contributed by atoms with van der Waals surface area (Å²) in [5.74, 6) is -0.191. The lowest BCUT2D eigenvalue weighted by Crippen LogP contribution is -2.48. The van der Waals surface area contributed by atoms with Crippen molar-refractivity contribution in [3.63, 3.8) is 0 Å². The van der Waals surface area contributed by atoms with E-state index < -0.39 is 16.1 Å². The Morgan fingerprint density at radius 3 is 2.21 bits per heavy atom. The molecule has 1 atom stereocenters. The molecule has 0 saturated carbocycles. The number of halogens is 1. The number of rotatable bonds is 9. The lowest BCUT2D eigenvalue weighted by molar-refractivity contribution is -0.117. The summed E-state index contributed by atoms with van der Waals surface area (Å²) in [6, 6.07) is 13.4. The van der Waals surface area contributed by atoms with E-state index in [-0.39, 0.29) is 22.3 Å². The molecule has 180 valence electrons. The van der Waals surface area contributed by atoms with E-state index in [4.69, 9.17) is 16.3 Å². The highest BCUT2D eigenvalue weighted by Gasteiger charge is 2.35. The van der Waals surface area contributed by atoms with Crippen molar-refractivity contribution < 1.29 is 17.9 Å². The van der Waals surface area contributed by atoms with Gasteiger partial charge in [0.1, 0.15) is 0 Å². The number of hydrogen-bond acceptors (Lipinski definition) is 5. The van der Waals surface area contributed by atoms with Crippen LogP contribution in [0.2, 0.25) is 5.02 Å². The zero-order valence-corrected chi connectivity index (χ0v) is 20.8. The van der Waals surface area contributed by atoms with Crippen molar-refractivity contribution in [3.05, 3.63) is 59.1 Å². The van der Waals surface area contributed by atoms with E-state index >= 15 is 0 Å². The molecule has 2 aromatic rings. The summed E-state index contributed by atoms with van der Waals surface area (Å²) < 4.78 is 32.6. The largest absolute Gasteiger partial charge is 0.381 e. The number of amides is 1. The monoisotopic (exact) mass is 493 g/mol. The van der Waals surface area contributed by atoms with Gasteiger partial charge in [-0.2, -0.15) is 0 Å². The lowest BCUT2D eigenvalue weighted by Gasteiger charge is -2.38. The fourth-order valence-electron chi connectivity index (χ4n) is 3.92. The molecule has 33 heavy (non-hydrogen) atoms. The summed E-state index contributed by atoms with van der Waals surface area (Å²) in [6.45, 7) is 7.31. The van der Waals surface area contributed by atoms with Crippen molar-refractivity contribution in [1.29, 1.82) is 0 Å². The maximum absolute atomic E-state index is 12.8. The molecule has 1 aliphatic rings. The Hall–Kier alpha value is -1.97. The first-order valence-electron chi connectivity index (χ1n) is 11.1. The molecule has 2 aromatic carbocycles. The fourth-order valence-corrected chi connectivity index (χ4v) is 5.30. The van der Waals surface area contributed by atoms with Crippen LogP contribution in [0.1, 0.15) is 39.2 Å². The van der Waals surface area contributed by atoms with Gasteiger partial charge in [0.15, 0.2) is 0 Å². The Balaban J connectivity index is 1.62. The van der Waals surface area contributed by atoms with Crippen molar-refractivity contribution in [2.75, 3.05) is 25.1 Å². The van der Waals surface area contributed by atoms with Crippen molar-refractivity contribution in [1.82, 2.24) is 10.0 Å². The molecule has 1 aliphatic heterocycles.